The number of nitrogens with zero attached hydrogens (tertiary/aromatic N) is 3. The number of nitrogens with one attached hydrogen (secondary N) is 4. The van der Waals surface area contributed by atoms with Gasteiger partial charge in [-0.3, -0.25) is 9.59 Å². The van der Waals surface area contributed by atoms with E-state index in [1.807, 2.05) is 6.92 Å². The predicted octanol–water partition coefficient (Wildman–Crippen LogP) is 2.43. The molecule has 0 aliphatic carbocycles. The van der Waals surface area contributed by atoms with Crippen molar-refractivity contribution in [1.29, 1.82) is 0 Å². The van der Waals surface area contributed by atoms with Crippen LogP contribution in [0.2, 0.25) is 5.02 Å². The second kappa shape index (κ2) is 10.4. The van der Waals surface area contributed by atoms with Gasteiger partial charge >= 0.3 is 5.91 Å². The van der Waals surface area contributed by atoms with Gasteiger partial charge in [-0.15, -0.1) is 0 Å². The number of aromatic amines is 1. The molecule has 4 N–H and O–H groups in total. The highest BCUT2D eigenvalue weighted by Crippen LogP contribution is 2.28. The molecule has 0 spiro atoms. The number of fused-ring (bicyclic) bond motifs is 2. The highest BCUT2D eigenvalue weighted by Gasteiger charge is 2.39. The van der Waals surface area contributed by atoms with Crippen molar-refractivity contribution in [3.63, 3.8) is 0 Å². The number of hydrogen-bond acceptors (Lipinski definition) is 9. The summed E-state index contributed by atoms with van der Waals surface area (Å²) in [5, 5.41) is 7.23. The van der Waals surface area contributed by atoms with Crippen molar-refractivity contribution in [2.45, 2.75) is 56.0 Å². The zero-order valence-electron chi connectivity index (χ0n) is 21.1. The summed E-state index contributed by atoms with van der Waals surface area (Å²) in [7, 11) is -3.88. The number of benzene rings is 1. The zero-order chi connectivity index (χ0) is 27.3. The predicted molar refractivity (Wildman–Crippen MR) is 146 cm³/mol. The van der Waals surface area contributed by atoms with E-state index in [1.165, 1.54) is 4.31 Å². The third-order valence-corrected chi connectivity index (χ3v) is 10.1. The first-order chi connectivity index (χ1) is 18.7. The van der Waals surface area contributed by atoms with Crippen LogP contribution in [0.5, 0.6) is 0 Å². The van der Waals surface area contributed by atoms with E-state index in [0.29, 0.717) is 47.5 Å². The van der Waals surface area contributed by atoms with Crippen LogP contribution >= 0.6 is 23.5 Å². The van der Waals surface area contributed by atoms with Crippen LogP contribution in [-0.4, -0.2) is 76.6 Å². The molecule has 2 aromatic heterocycles. The smallest absolute Gasteiger partial charge is 0.310 e. The molecule has 1 aromatic carbocycles. The van der Waals surface area contributed by atoms with E-state index in [4.69, 9.17) is 16.0 Å². The molecule has 3 atom stereocenters. The van der Waals surface area contributed by atoms with Crippen LogP contribution in [0.25, 0.3) is 10.9 Å². The highest BCUT2D eigenvalue weighted by atomic mass is 35.5. The van der Waals surface area contributed by atoms with Gasteiger partial charge in [0.05, 0.1) is 18.4 Å². The van der Waals surface area contributed by atoms with E-state index in [1.54, 1.807) is 29.2 Å². The molecule has 2 fully saturated rings. The average Bonchev–Trinajstić information content (AvgIpc) is 3.64. The lowest BCUT2D eigenvalue weighted by atomic mass is 10.1. The number of halogens is 1. The third-order valence-electron chi connectivity index (χ3n) is 7.33. The Morgan fingerprint density at radius 2 is 2.10 bits per heavy atom. The van der Waals surface area contributed by atoms with Crippen molar-refractivity contribution in [3.05, 3.63) is 46.6 Å². The average molecular weight is 594 g/mol. The van der Waals surface area contributed by atoms with Gasteiger partial charge in [0, 0.05) is 66.0 Å². The summed E-state index contributed by atoms with van der Waals surface area (Å²) in [4.78, 5) is 34.3. The number of oxazole rings is 1. The number of aromatic nitrogens is 2. The number of sulfonamides is 1. The molecule has 2 saturated heterocycles. The van der Waals surface area contributed by atoms with E-state index in [2.05, 4.69) is 25.3 Å². The van der Waals surface area contributed by atoms with Gasteiger partial charge in [-0.1, -0.05) is 11.6 Å². The number of piperazine rings is 1. The number of amides is 2. The molecule has 3 aromatic rings. The summed E-state index contributed by atoms with van der Waals surface area (Å²) >= 11 is 7.07. The van der Waals surface area contributed by atoms with E-state index in [0.717, 1.165) is 17.6 Å². The Hall–Kier alpha value is -2.62. The number of H-pyrrole nitrogens is 1. The van der Waals surface area contributed by atoms with Crippen molar-refractivity contribution < 1.29 is 22.4 Å². The monoisotopic (exact) mass is 593 g/mol. The van der Waals surface area contributed by atoms with Gasteiger partial charge in [0.2, 0.25) is 0 Å². The number of hydrogen-bond donors (Lipinski definition) is 4. The van der Waals surface area contributed by atoms with Crippen LogP contribution in [-0.2, 0) is 23.0 Å². The van der Waals surface area contributed by atoms with Crippen LogP contribution in [0.3, 0.4) is 0 Å². The van der Waals surface area contributed by atoms with Gasteiger partial charge in [0.25, 0.3) is 21.2 Å². The molecular formula is C24H28ClN7O5S2. The van der Waals surface area contributed by atoms with Gasteiger partial charge in [0.1, 0.15) is 10.8 Å². The second-order valence-corrected chi connectivity index (χ2v) is 13.2. The molecule has 3 unspecified atom stereocenters. The number of rotatable bonds is 6. The molecule has 2 amide bonds. The summed E-state index contributed by atoms with van der Waals surface area (Å²) in [6.07, 6.45) is 1.36. The first-order valence-corrected chi connectivity index (χ1v) is 15.3. The normalized spacial score (nSPS) is 24.2. The van der Waals surface area contributed by atoms with Gasteiger partial charge in [0.15, 0.2) is 0 Å². The molecule has 3 aliphatic heterocycles. The summed E-state index contributed by atoms with van der Waals surface area (Å²) in [5.41, 5.74) is 1.44. The zero-order valence-corrected chi connectivity index (χ0v) is 23.5. The molecule has 15 heteroatoms. The van der Waals surface area contributed by atoms with Crippen LogP contribution in [0.1, 0.15) is 41.9 Å². The molecule has 39 heavy (non-hydrogen) atoms. The molecule has 0 bridgehead atoms. The molecule has 0 saturated carbocycles. The quantitative estimate of drug-likeness (QED) is 0.316. The lowest BCUT2D eigenvalue weighted by molar-refractivity contribution is 0.0502. The Morgan fingerprint density at radius 3 is 2.90 bits per heavy atom. The Kier molecular flexibility index (Phi) is 7.10. The maximum atomic E-state index is 13.6. The van der Waals surface area contributed by atoms with Gasteiger partial charge in [-0.25, -0.2) is 18.1 Å². The minimum atomic E-state index is -3.88. The van der Waals surface area contributed by atoms with Crippen molar-refractivity contribution in [2.75, 3.05) is 19.6 Å². The fourth-order valence-corrected chi connectivity index (χ4v) is 7.55. The Bertz CT molecular complexity index is 1540. The summed E-state index contributed by atoms with van der Waals surface area (Å²) in [6, 6.07) is 6.50. The Balaban J connectivity index is 1.24. The summed E-state index contributed by atoms with van der Waals surface area (Å²) in [6.45, 7) is 2.94. The lowest BCUT2D eigenvalue weighted by Gasteiger charge is -2.40. The molecule has 5 heterocycles. The van der Waals surface area contributed by atoms with Gasteiger partial charge in [-0.05, 0) is 44.0 Å². The maximum Gasteiger partial charge on any atom is 0.310 e. The molecular weight excluding hydrogens is 566 g/mol. The van der Waals surface area contributed by atoms with Crippen molar-refractivity contribution in [2.24, 2.45) is 0 Å². The second-order valence-electron chi connectivity index (χ2n) is 10.0. The standard InChI is InChI=1S/C24H28ClN7O5S2/c1-13-8-18-19(11-26-13)37-22(28-18)23(33)32-7-6-31(12-16(32)3-5-20-29-24(34)38-30-20)39(35,36)21-10-14-9-15(25)2-4-17(14)27-21/h2,4,9-10,13,16,20,26-27,30H,3,5-8,11-12H2,1H3,(H,29,34). The minimum Gasteiger partial charge on any atom is -0.436 e. The lowest BCUT2D eigenvalue weighted by Crippen LogP contribution is -2.56. The van der Waals surface area contributed by atoms with Crippen LogP contribution in [0.4, 0.5) is 4.79 Å². The Labute approximate surface area is 234 Å². The van der Waals surface area contributed by atoms with Gasteiger partial charge < -0.3 is 24.9 Å². The number of carbonyl (C=O) groups is 2. The maximum absolute atomic E-state index is 13.6. The van der Waals surface area contributed by atoms with E-state index >= 15 is 0 Å². The van der Waals surface area contributed by atoms with Crippen LogP contribution in [0, 0.1) is 0 Å². The largest absolute Gasteiger partial charge is 0.436 e. The topological polar surface area (TPSA) is 153 Å². The molecule has 12 nitrogen and oxygen atoms in total. The van der Waals surface area contributed by atoms with Gasteiger partial charge in [-0.2, -0.15) is 4.31 Å². The van der Waals surface area contributed by atoms with Crippen LogP contribution in [0.15, 0.2) is 33.7 Å². The van der Waals surface area contributed by atoms with Crippen LogP contribution < -0.4 is 15.4 Å². The van der Waals surface area contributed by atoms with Crippen molar-refractivity contribution >= 4 is 55.6 Å². The minimum absolute atomic E-state index is 0.0209. The first-order valence-electron chi connectivity index (χ1n) is 12.7. The van der Waals surface area contributed by atoms with E-state index in [-0.39, 0.29) is 53.9 Å². The van der Waals surface area contributed by atoms with Crippen molar-refractivity contribution in [1.82, 2.24) is 34.5 Å². The summed E-state index contributed by atoms with van der Waals surface area (Å²) in [5.74, 6) is 0.313. The van der Waals surface area contributed by atoms with E-state index in [9.17, 15) is 18.0 Å². The molecule has 208 valence electrons. The molecule has 3 aliphatic rings. The molecule has 6 rings (SSSR count). The summed E-state index contributed by atoms with van der Waals surface area (Å²) < 4.78 is 37.5. The first kappa shape index (κ1) is 26.6. The molecule has 0 radical (unpaired) electrons. The Morgan fingerprint density at radius 1 is 1.26 bits per heavy atom. The van der Waals surface area contributed by atoms with E-state index < -0.39 is 16.1 Å². The fraction of sp³-hybridized carbons (Fsp3) is 0.458. The van der Waals surface area contributed by atoms with Crippen molar-refractivity contribution in [3.8, 4) is 0 Å². The fourth-order valence-electron chi connectivity index (χ4n) is 5.25. The third kappa shape index (κ3) is 5.28. The SMILES string of the molecule is CC1Cc2nc(C(=O)N3CCN(S(=O)(=O)c4cc5cc(Cl)ccc5[nH]4)CC3CCC3NSC(=O)N3)oc2CN1. The number of carbonyl (C=O) groups excluding carboxylic acids is 2. The highest BCUT2D eigenvalue weighted by molar-refractivity contribution is 8.12.